The minimum atomic E-state index is -0.966. The SMILES string of the molecule is CCN(C=O)C1(C(=O)O)CCC(C)(C)CC1. The van der Waals surface area contributed by atoms with Crippen LogP contribution in [0.5, 0.6) is 0 Å². The molecule has 4 heteroatoms. The van der Waals surface area contributed by atoms with Crippen LogP contribution in [0.15, 0.2) is 0 Å². The summed E-state index contributed by atoms with van der Waals surface area (Å²) >= 11 is 0. The van der Waals surface area contributed by atoms with E-state index in [1.165, 1.54) is 4.90 Å². The van der Waals surface area contributed by atoms with Gasteiger partial charge in [0, 0.05) is 6.54 Å². The van der Waals surface area contributed by atoms with Gasteiger partial charge in [0.1, 0.15) is 5.54 Å². The second-order valence-corrected chi connectivity index (χ2v) is 5.39. The van der Waals surface area contributed by atoms with E-state index in [1.54, 1.807) is 0 Å². The smallest absolute Gasteiger partial charge is 0.329 e. The number of likely N-dealkylation sites (N-methyl/N-ethyl adjacent to an activating group) is 1. The molecular weight excluding hydrogens is 206 g/mol. The Bertz CT molecular complexity index is 276. The van der Waals surface area contributed by atoms with Crippen LogP contribution in [0.3, 0.4) is 0 Å². The quantitative estimate of drug-likeness (QED) is 0.746. The Morgan fingerprint density at radius 3 is 2.12 bits per heavy atom. The van der Waals surface area contributed by atoms with Crippen molar-refractivity contribution in [2.45, 2.75) is 52.0 Å². The molecule has 0 spiro atoms. The van der Waals surface area contributed by atoms with Crippen LogP contribution in [0.2, 0.25) is 0 Å². The fourth-order valence-electron chi connectivity index (χ4n) is 2.44. The Labute approximate surface area is 96.6 Å². The second kappa shape index (κ2) is 4.44. The van der Waals surface area contributed by atoms with Crippen molar-refractivity contribution in [2.24, 2.45) is 5.41 Å². The van der Waals surface area contributed by atoms with Crippen molar-refractivity contribution in [1.82, 2.24) is 4.90 Å². The van der Waals surface area contributed by atoms with Gasteiger partial charge in [-0.3, -0.25) is 4.79 Å². The molecule has 1 saturated carbocycles. The Balaban J connectivity index is 2.92. The summed E-state index contributed by atoms with van der Waals surface area (Å²) in [6, 6.07) is 0. The summed E-state index contributed by atoms with van der Waals surface area (Å²) in [5.41, 5.74) is -0.771. The van der Waals surface area contributed by atoms with E-state index in [0.717, 1.165) is 12.8 Å². The summed E-state index contributed by atoms with van der Waals surface area (Å²) in [5.74, 6) is -0.864. The highest BCUT2D eigenvalue weighted by Crippen LogP contribution is 2.42. The van der Waals surface area contributed by atoms with Gasteiger partial charge in [-0.15, -0.1) is 0 Å². The van der Waals surface area contributed by atoms with Gasteiger partial charge >= 0.3 is 5.97 Å². The number of carboxylic acids is 1. The lowest BCUT2D eigenvalue weighted by atomic mass is 9.69. The van der Waals surface area contributed by atoms with Crippen molar-refractivity contribution in [3.63, 3.8) is 0 Å². The average Bonchev–Trinajstić information content (AvgIpc) is 2.22. The molecule has 4 nitrogen and oxygen atoms in total. The third-order valence-electron chi connectivity index (χ3n) is 3.85. The third-order valence-corrected chi connectivity index (χ3v) is 3.85. The van der Waals surface area contributed by atoms with E-state index in [9.17, 15) is 14.7 Å². The second-order valence-electron chi connectivity index (χ2n) is 5.39. The van der Waals surface area contributed by atoms with Gasteiger partial charge in [0.2, 0.25) is 6.41 Å². The van der Waals surface area contributed by atoms with E-state index < -0.39 is 11.5 Å². The third kappa shape index (κ3) is 2.20. The van der Waals surface area contributed by atoms with E-state index in [0.29, 0.717) is 25.8 Å². The Morgan fingerprint density at radius 2 is 1.81 bits per heavy atom. The van der Waals surface area contributed by atoms with Crippen LogP contribution in [0.1, 0.15) is 46.5 Å². The number of nitrogens with zero attached hydrogens (tertiary/aromatic N) is 1. The molecule has 0 aromatic rings. The number of hydrogen-bond donors (Lipinski definition) is 1. The molecule has 1 aliphatic carbocycles. The molecule has 1 aliphatic rings. The number of carboxylic acid groups (broad SMARTS) is 1. The Kier molecular flexibility index (Phi) is 3.61. The maximum absolute atomic E-state index is 11.4. The highest BCUT2D eigenvalue weighted by Gasteiger charge is 2.47. The minimum Gasteiger partial charge on any atom is -0.479 e. The van der Waals surface area contributed by atoms with E-state index in [-0.39, 0.29) is 5.41 Å². The van der Waals surface area contributed by atoms with Crippen molar-refractivity contribution in [2.75, 3.05) is 6.54 Å². The van der Waals surface area contributed by atoms with Crippen LogP contribution in [0.4, 0.5) is 0 Å². The maximum Gasteiger partial charge on any atom is 0.329 e. The zero-order valence-corrected chi connectivity index (χ0v) is 10.3. The van der Waals surface area contributed by atoms with Crippen LogP contribution in [-0.2, 0) is 9.59 Å². The zero-order valence-electron chi connectivity index (χ0n) is 10.3. The van der Waals surface area contributed by atoms with Crippen LogP contribution >= 0.6 is 0 Å². The van der Waals surface area contributed by atoms with Gasteiger partial charge in [-0.25, -0.2) is 4.79 Å². The largest absolute Gasteiger partial charge is 0.479 e. The number of hydrogen-bond acceptors (Lipinski definition) is 2. The number of amides is 1. The standard InChI is InChI=1S/C12H21NO3/c1-4-13(9-14)12(10(15)16)7-5-11(2,3)6-8-12/h9H,4-8H2,1-3H3,(H,15,16). The Hall–Kier alpha value is -1.06. The molecule has 16 heavy (non-hydrogen) atoms. The van der Waals surface area contributed by atoms with Gasteiger partial charge in [0.15, 0.2) is 0 Å². The van der Waals surface area contributed by atoms with Crippen LogP contribution in [-0.4, -0.2) is 34.5 Å². The topological polar surface area (TPSA) is 57.6 Å². The number of carbonyl (C=O) groups is 2. The van der Waals surface area contributed by atoms with Gasteiger partial charge in [-0.2, -0.15) is 0 Å². The lowest BCUT2D eigenvalue weighted by molar-refractivity contribution is -0.159. The monoisotopic (exact) mass is 227 g/mol. The first kappa shape index (κ1) is 13.0. The lowest BCUT2D eigenvalue weighted by Crippen LogP contribution is -2.56. The highest BCUT2D eigenvalue weighted by molar-refractivity contribution is 5.81. The predicted octanol–water partition coefficient (Wildman–Crippen LogP) is 1.89. The zero-order chi connectivity index (χ0) is 12.4. The van der Waals surface area contributed by atoms with Crippen molar-refractivity contribution >= 4 is 12.4 Å². The fourth-order valence-corrected chi connectivity index (χ4v) is 2.44. The van der Waals surface area contributed by atoms with Gasteiger partial charge in [0.25, 0.3) is 0 Å². The summed E-state index contributed by atoms with van der Waals surface area (Å²) < 4.78 is 0. The molecule has 0 atom stereocenters. The lowest BCUT2D eigenvalue weighted by Gasteiger charge is -2.45. The maximum atomic E-state index is 11.4. The number of carbonyl (C=O) groups excluding carboxylic acids is 1. The van der Waals surface area contributed by atoms with E-state index in [2.05, 4.69) is 13.8 Å². The molecule has 0 saturated heterocycles. The van der Waals surface area contributed by atoms with Gasteiger partial charge in [0.05, 0.1) is 0 Å². The normalized spacial score (nSPS) is 22.4. The predicted molar refractivity (Wildman–Crippen MR) is 61.1 cm³/mol. The number of aliphatic carboxylic acids is 1. The van der Waals surface area contributed by atoms with Crippen molar-refractivity contribution < 1.29 is 14.7 Å². The first-order valence-corrected chi connectivity index (χ1v) is 5.83. The number of rotatable bonds is 4. The van der Waals surface area contributed by atoms with Gasteiger partial charge in [-0.1, -0.05) is 13.8 Å². The summed E-state index contributed by atoms with van der Waals surface area (Å²) in [4.78, 5) is 23.9. The summed E-state index contributed by atoms with van der Waals surface area (Å²) in [7, 11) is 0. The molecule has 0 aromatic carbocycles. The van der Waals surface area contributed by atoms with Crippen LogP contribution in [0, 0.1) is 5.41 Å². The van der Waals surface area contributed by atoms with Gasteiger partial charge < -0.3 is 10.0 Å². The molecule has 1 amide bonds. The summed E-state index contributed by atoms with van der Waals surface area (Å²) in [6.45, 7) is 6.57. The molecule has 1 N–H and O–H groups in total. The van der Waals surface area contributed by atoms with Crippen molar-refractivity contribution in [3.05, 3.63) is 0 Å². The molecule has 92 valence electrons. The van der Waals surface area contributed by atoms with Crippen LogP contribution in [0.25, 0.3) is 0 Å². The van der Waals surface area contributed by atoms with Crippen molar-refractivity contribution in [3.8, 4) is 0 Å². The molecule has 0 radical (unpaired) electrons. The van der Waals surface area contributed by atoms with Crippen LogP contribution < -0.4 is 0 Å². The van der Waals surface area contributed by atoms with E-state index >= 15 is 0 Å². The van der Waals surface area contributed by atoms with Gasteiger partial charge in [-0.05, 0) is 38.0 Å². The summed E-state index contributed by atoms with van der Waals surface area (Å²) in [6.07, 6.45) is 3.49. The molecule has 1 fully saturated rings. The molecule has 0 heterocycles. The first-order valence-electron chi connectivity index (χ1n) is 5.83. The average molecular weight is 227 g/mol. The summed E-state index contributed by atoms with van der Waals surface area (Å²) in [5, 5.41) is 9.39. The highest BCUT2D eigenvalue weighted by atomic mass is 16.4. The molecule has 0 aliphatic heterocycles. The van der Waals surface area contributed by atoms with E-state index in [1.807, 2.05) is 6.92 Å². The molecule has 0 bridgehead atoms. The Morgan fingerprint density at radius 1 is 1.31 bits per heavy atom. The van der Waals surface area contributed by atoms with E-state index in [4.69, 9.17) is 0 Å². The molecular formula is C12H21NO3. The molecule has 1 rings (SSSR count). The fraction of sp³-hybridized carbons (Fsp3) is 0.833. The minimum absolute atomic E-state index is 0.196. The molecule has 0 aromatic heterocycles. The van der Waals surface area contributed by atoms with Crippen molar-refractivity contribution in [1.29, 1.82) is 0 Å². The first-order chi connectivity index (χ1) is 7.38. The molecule has 0 unspecified atom stereocenters.